The minimum absolute atomic E-state index is 0.0400. The number of nitrogens with zero attached hydrogens (tertiary/aromatic N) is 1. The third-order valence-electron chi connectivity index (χ3n) is 3.58. The molecular formula is C14H20N2O4. The Morgan fingerprint density at radius 1 is 1.35 bits per heavy atom. The lowest BCUT2D eigenvalue weighted by Gasteiger charge is -2.11. The molecule has 0 saturated heterocycles. The number of aliphatic carboxylic acids is 1. The van der Waals surface area contributed by atoms with Crippen molar-refractivity contribution in [3.63, 3.8) is 0 Å². The Bertz CT molecular complexity index is 495. The van der Waals surface area contributed by atoms with Gasteiger partial charge >= 0.3 is 5.97 Å². The number of hydrogen-bond donors (Lipinski definition) is 2. The van der Waals surface area contributed by atoms with Gasteiger partial charge in [0.25, 0.3) is 5.91 Å². The van der Waals surface area contributed by atoms with Crippen molar-refractivity contribution in [2.75, 3.05) is 0 Å². The fourth-order valence-corrected chi connectivity index (χ4v) is 2.44. The summed E-state index contributed by atoms with van der Waals surface area (Å²) < 4.78 is 5.26. The van der Waals surface area contributed by atoms with E-state index in [2.05, 4.69) is 10.5 Å². The smallest absolute Gasteiger partial charge is 0.303 e. The van der Waals surface area contributed by atoms with Crippen molar-refractivity contribution in [2.24, 2.45) is 0 Å². The highest BCUT2D eigenvalue weighted by molar-refractivity contribution is 5.94. The molecule has 0 spiro atoms. The summed E-state index contributed by atoms with van der Waals surface area (Å²) in [5, 5.41) is 15.3. The first-order valence-corrected chi connectivity index (χ1v) is 7.08. The maximum atomic E-state index is 12.2. The Labute approximate surface area is 117 Å². The number of fused-ring (bicyclic) bond motifs is 1. The lowest BCUT2D eigenvalue weighted by Crippen LogP contribution is -2.33. The van der Waals surface area contributed by atoms with Crippen molar-refractivity contribution < 1.29 is 19.2 Å². The van der Waals surface area contributed by atoms with E-state index in [1.165, 1.54) is 0 Å². The van der Waals surface area contributed by atoms with E-state index in [4.69, 9.17) is 9.63 Å². The fourth-order valence-electron chi connectivity index (χ4n) is 2.44. The van der Waals surface area contributed by atoms with E-state index in [0.717, 1.165) is 43.4 Å². The Morgan fingerprint density at radius 2 is 2.10 bits per heavy atom. The highest BCUT2D eigenvalue weighted by atomic mass is 16.5. The van der Waals surface area contributed by atoms with E-state index in [9.17, 15) is 9.59 Å². The summed E-state index contributed by atoms with van der Waals surface area (Å²) in [7, 11) is 0. The second-order valence-corrected chi connectivity index (χ2v) is 5.30. The highest BCUT2D eigenvalue weighted by Crippen LogP contribution is 2.23. The van der Waals surface area contributed by atoms with Gasteiger partial charge < -0.3 is 14.9 Å². The molecule has 6 nitrogen and oxygen atoms in total. The Kier molecular flexibility index (Phi) is 4.76. The molecule has 1 aliphatic rings. The molecule has 0 radical (unpaired) electrons. The predicted octanol–water partition coefficient (Wildman–Crippen LogP) is 1.93. The largest absolute Gasteiger partial charge is 0.481 e. The predicted molar refractivity (Wildman–Crippen MR) is 71.6 cm³/mol. The van der Waals surface area contributed by atoms with Crippen LogP contribution in [0.25, 0.3) is 0 Å². The molecule has 2 rings (SSSR count). The van der Waals surface area contributed by atoms with Gasteiger partial charge in [-0.25, -0.2) is 0 Å². The van der Waals surface area contributed by atoms with Crippen molar-refractivity contribution in [3.8, 4) is 0 Å². The Hall–Kier alpha value is -1.85. The first-order chi connectivity index (χ1) is 9.58. The van der Waals surface area contributed by atoms with Gasteiger partial charge in [-0.2, -0.15) is 0 Å². The van der Waals surface area contributed by atoms with Crippen LogP contribution in [0, 0.1) is 0 Å². The van der Waals surface area contributed by atoms with Crippen LogP contribution in [0.2, 0.25) is 0 Å². The number of hydrogen-bond acceptors (Lipinski definition) is 4. The van der Waals surface area contributed by atoms with Crippen LogP contribution in [0.4, 0.5) is 0 Å². The van der Waals surface area contributed by atoms with Crippen LogP contribution in [-0.4, -0.2) is 28.2 Å². The zero-order valence-electron chi connectivity index (χ0n) is 11.6. The molecule has 0 fully saturated rings. The van der Waals surface area contributed by atoms with Crippen molar-refractivity contribution in [2.45, 2.75) is 57.9 Å². The molecule has 0 bridgehead atoms. The van der Waals surface area contributed by atoms with Gasteiger partial charge in [0.1, 0.15) is 5.76 Å². The molecule has 2 N–H and O–H groups in total. The Morgan fingerprint density at radius 3 is 2.85 bits per heavy atom. The molecule has 110 valence electrons. The topological polar surface area (TPSA) is 92.4 Å². The van der Waals surface area contributed by atoms with Crippen molar-refractivity contribution >= 4 is 11.9 Å². The number of amides is 1. The summed E-state index contributed by atoms with van der Waals surface area (Å²) in [6, 6.07) is -0.197. The number of rotatable bonds is 5. The number of carboxylic acid groups (broad SMARTS) is 1. The SMILES string of the molecule is CC(CCC(=O)O)NC(=O)c1noc2c1CCCCC2. The van der Waals surface area contributed by atoms with E-state index < -0.39 is 5.97 Å². The van der Waals surface area contributed by atoms with Gasteiger partial charge in [-0.3, -0.25) is 9.59 Å². The first kappa shape index (κ1) is 14.6. The number of carbonyl (C=O) groups is 2. The van der Waals surface area contributed by atoms with Gasteiger partial charge in [0.15, 0.2) is 5.69 Å². The average Bonchev–Trinajstić information content (AvgIpc) is 2.66. The molecule has 1 aromatic heterocycles. The minimum atomic E-state index is -0.860. The van der Waals surface area contributed by atoms with Crippen molar-refractivity contribution in [1.29, 1.82) is 0 Å². The summed E-state index contributed by atoms with van der Waals surface area (Å²) in [5.41, 5.74) is 1.29. The summed E-state index contributed by atoms with van der Waals surface area (Å²) in [6.07, 6.45) is 5.36. The summed E-state index contributed by atoms with van der Waals surface area (Å²) in [6.45, 7) is 1.79. The van der Waals surface area contributed by atoms with Gasteiger partial charge in [0, 0.05) is 24.4 Å². The fraction of sp³-hybridized carbons (Fsp3) is 0.643. The molecule has 1 unspecified atom stereocenters. The molecule has 0 saturated carbocycles. The molecule has 1 aliphatic carbocycles. The Balaban J connectivity index is 1.99. The molecule has 1 atom stereocenters. The average molecular weight is 280 g/mol. The molecule has 1 heterocycles. The van der Waals surface area contributed by atoms with Gasteiger partial charge in [0.05, 0.1) is 0 Å². The van der Waals surface area contributed by atoms with E-state index in [-0.39, 0.29) is 18.4 Å². The van der Waals surface area contributed by atoms with Gasteiger partial charge in [-0.1, -0.05) is 11.6 Å². The molecule has 0 aromatic carbocycles. The quantitative estimate of drug-likeness (QED) is 0.804. The van der Waals surface area contributed by atoms with Crippen molar-refractivity contribution in [3.05, 3.63) is 17.0 Å². The summed E-state index contributed by atoms with van der Waals surface area (Å²) >= 11 is 0. The third kappa shape index (κ3) is 3.59. The van der Waals surface area contributed by atoms with Crippen molar-refractivity contribution in [1.82, 2.24) is 10.5 Å². The van der Waals surface area contributed by atoms with E-state index in [0.29, 0.717) is 12.1 Å². The number of carbonyl (C=O) groups excluding carboxylic acids is 1. The zero-order valence-corrected chi connectivity index (χ0v) is 11.6. The molecule has 20 heavy (non-hydrogen) atoms. The van der Waals surface area contributed by atoms with Crippen LogP contribution < -0.4 is 5.32 Å². The van der Waals surface area contributed by atoms with E-state index >= 15 is 0 Å². The molecule has 0 aliphatic heterocycles. The number of aryl methyl sites for hydroxylation is 1. The molecule has 1 amide bonds. The van der Waals surface area contributed by atoms with Crippen LogP contribution in [0.3, 0.4) is 0 Å². The van der Waals surface area contributed by atoms with E-state index in [1.54, 1.807) is 6.92 Å². The molecule has 1 aromatic rings. The molecule has 6 heteroatoms. The second-order valence-electron chi connectivity index (χ2n) is 5.30. The zero-order chi connectivity index (χ0) is 14.5. The van der Waals surface area contributed by atoms with E-state index in [1.807, 2.05) is 0 Å². The van der Waals surface area contributed by atoms with Crippen LogP contribution in [0.1, 0.15) is 60.8 Å². The lowest BCUT2D eigenvalue weighted by atomic mass is 10.1. The normalized spacial score (nSPS) is 16.1. The second kappa shape index (κ2) is 6.54. The number of carboxylic acids is 1. The maximum Gasteiger partial charge on any atom is 0.303 e. The highest BCUT2D eigenvalue weighted by Gasteiger charge is 2.23. The number of nitrogens with one attached hydrogen (secondary N) is 1. The standard InChI is InChI=1S/C14H20N2O4/c1-9(7-8-12(17)18)15-14(19)13-10-5-3-2-4-6-11(10)20-16-13/h9H,2-8H2,1H3,(H,15,19)(H,17,18). The third-order valence-corrected chi connectivity index (χ3v) is 3.58. The summed E-state index contributed by atoms with van der Waals surface area (Å²) in [5.74, 6) is -0.304. The minimum Gasteiger partial charge on any atom is -0.481 e. The van der Waals surface area contributed by atoms with Gasteiger partial charge in [-0.05, 0) is 32.6 Å². The maximum absolute atomic E-state index is 12.2. The van der Waals surface area contributed by atoms with Gasteiger partial charge in [0.2, 0.25) is 0 Å². The lowest BCUT2D eigenvalue weighted by molar-refractivity contribution is -0.137. The molecular weight excluding hydrogens is 260 g/mol. The van der Waals surface area contributed by atoms with Crippen LogP contribution >= 0.6 is 0 Å². The van der Waals surface area contributed by atoms with Crippen LogP contribution in [0.15, 0.2) is 4.52 Å². The monoisotopic (exact) mass is 280 g/mol. The van der Waals surface area contributed by atoms with Gasteiger partial charge in [-0.15, -0.1) is 0 Å². The summed E-state index contributed by atoms with van der Waals surface area (Å²) in [4.78, 5) is 22.7. The van der Waals surface area contributed by atoms with Crippen LogP contribution in [-0.2, 0) is 17.6 Å². The first-order valence-electron chi connectivity index (χ1n) is 7.08. The number of aromatic nitrogens is 1. The van der Waals surface area contributed by atoms with Crippen LogP contribution in [0.5, 0.6) is 0 Å².